The Morgan fingerprint density at radius 3 is 2.23 bits per heavy atom. The first kappa shape index (κ1) is 11.3. The maximum atomic E-state index is 11.0. The highest BCUT2D eigenvalue weighted by atomic mass is 16.1. The van der Waals surface area contributed by atoms with Crippen LogP contribution in [0.1, 0.15) is 26.2 Å². The minimum Gasteiger partial charge on any atom is -0.300 e. The normalized spacial score (nSPS) is 8.92. The number of nitriles is 2. The molecule has 0 atom stereocenters. The Morgan fingerprint density at radius 2 is 1.85 bits per heavy atom. The third kappa shape index (κ3) is 5.57. The molecule has 0 rings (SSSR count). The zero-order chi connectivity index (χ0) is 10.3. The van der Waals surface area contributed by atoms with Crippen molar-refractivity contribution in [1.82, 2.24) is 0 Å². The summed E-state index contributed by atoms with van der Waals surface area (Å²) in [4.78, 5) is 21.4. The molecule has 0 saturated heterocycles. The lowest BCUT2D eigenvalue weighted by Crippen LogP contribution is -2.06. The summed E-state index contributed by atoms with van der Waals surface area (Å²) in [5, 5.41) is 16.7. The van der Waals surface area contributed by atoms with E-state index in [0.717, 1.165) is 0 Å². The quantitative estimate of drug-likeness (QED) is 0.587. The molecule has 0 aliphatic carbocycles. The van der Waals surface area contributed by atoms with Crippen molar-refractivity contribution in [2.45, 2.75) is 26.2 Å². The maximum absolute atomic E-state index is 11.0. The Balaban J connectivity index is 3.78. The Morgan fingerprint density at radius 1 is 1.31 bits per heavy atom. The molecule has 13 heavy (non-hydrogen) atoms. The smallest absolute Gasteiger partial charge is 0.140 e. The summed E-state index contributed by atoms with van der Waals surface area (Å²) in [5.41, 5.74) is 0. The number of carbonyl (C=O) groups excluding carboxylic acids is 2. The molecule has 0 aromatic rings. The summed E-state index contributed by atoms with van der Waals surface area (Å²) in [6, 6.07) is 3.52. The predicted octanol–water partition coefficient (Wildman–Crippen LogP) is 0.978. The number of rotatable bonds is 5. The third-order valence-electron chi connectivity index (χ3n) is 1.47. The van der Waals surface area contributed by atoms with Crippen LogP contribution in [0.4, 0.5) is 0 Å². The molecule has 0 spiro atoms. The molecular formula is C9H10N2O2. The van der Waals surface area contributed by atoms with Gasteiger partial charge in [0.15, 0.2) is 0 Å². The van der Waals surface area contributed by atoms with E-state index in [2.05, 4.69) is 0 Å². The van der Waals surface area contributed by atoms with E-state index < -0.39 is 5.92 Å². The van der Waals surface area contributed by atoms with Gasteiger partial charge in [0, 0.05) is 6.42 Å². The lowest BCUT2D eigenvalue weighted by Gasteiger charge is -1.97. The van der Waals surface area contributed by atoms with Gasteiger partial charge < -0.3 is 0 Å². The van der Waals surface area contributed by atoms with E-state index in [-0.39, 0.29) is 30.8 Å². The largest absolute Gasteiger partial charge is 0.300 e. The van der Waals surface area contributed by atoms with Gasteiger partial charge in [-0.3, -0.25) is 9.59 Å². The molecule has 0 N–H and O–H groups in total. The fourth-order valence-electron chi connectivity index (χ4n) is 0.829. The summed E-state index contributed by atoms with van der Waals surface area (Å²) < 4.78 is 0. The summed E-state index contributed by atoms with van der Waals surface area (Å²) in [7, 11) is 0. The number of hydrogen-bond acceptors (Lipinski definition) is 4. The van der Waals surface area contributed by atoms with E-state index in [0.29, 0.717) is 0 Å². The van der Waals surface area contributed by atoms with Gasteiger partial charge in [-0.2, -0.15) is 10.5 Å². The molecule has 4 nitrogen and oxygen atoms in total. The lowest BCUT2D eigenvalue weighted by molar-refractivity contribution is -0.125. The van der Waals surface area contributed by atoms with Gasteiger partial charge in [-0.25, -0.2) is 0 Å². The minimum atomic E-state index is -0.740. The Kier molecular flexibility index (Phi) is 5.14. The molecule has 0 heterocycles. The molecule has 0 aliphatic rings. The van der Waals surface area contributed by atoms with Crippen LogP contribution in [0.5, 0.6) is 0 Å². The van der Waals surface area contributed by atoms with Crippen LogP contribution in [0.3, 0.4) is 0 Å². The van der Waals surface area contributed by atoms with Crippen molar-refractivity contribution >= 4 is 11.6 Å². The summed E-state index contributed by atoms with van der Waals surface area (Å²) in [5.74, 6) is -1.13. The number of hydrogen-bond donors (Lipinski definition) is 0. The number of Topliss-reactive ketones (excluding diaryl/α,β-unsaturated/α-hetero) is 2. The van der Waals surface area contributed by atoms with Gasteiger partial charge in [0.2, 0.25) is 0 Å². The van der Waals surface area contributed by atoms with E-state index >= 15 is 0 Å². The number of ketones is 2. The van der Waals surface area contributed by atoms with Crippen LogP contribution in [0.15, 0.2) is 0 Å². The number of carbonyl (C=O) groups is 2. The summed E-state index contributed by atoms with van der Waals surface area (Å²) in [6.07, 6.45) is 0.258. The zero-order valence-electron chi connectivity index (χ0n) is 7.41. The monoisotopic (exact) mass is 178 g/mol. The van der Waals surface area contributed by atoms with Crippen LogP contribution in [-0.2, 0) is 9.59 Å². The van der Waals surface area contributed by atoms with E-state index in [1.807, 2.05) is 0 Å². The van der Waals surface area contributed by atoms with Gasteiger partial charge >= 0.3 is 0 Å². The standard InChI is InChI=1S/C9H10N2O2/c1-7(12)4-9(13)3-2-8(5-10)6-11/h8H,2-4H2,1H3. The lowest BCUT2D eigenvalue weighted by atomic mass is 10.0. The molecule has 0 radical (unpaired) electrons. The Bertz CT molecular complexity index is 269. The summed E-state index contributed by atoms with van der Waals surface area (Å²) >= 11 is 0. The Labute approximate surface area is 76.8 Å². The van der Waals surface area contributed by atoms with Crippen LogP contribution in [0, 0.1) is 28.6 Å². The van der Waals surface area contributed by atoms with Crippen molar-refractivity contribution in [3.63, 3.8) is 0 Å². The second kappa shape index (κ2) is 5.91. The maximum Gasteiger partial charge on any atom is 0.140 e. The van der Waals surface area contributed by atoms with Crippen molar-refractivity contribution < 1.29 is 9.59 Å². The Hall–Kier alpha value is -1.68. The molecular weight excluding hydrogens is 168 g/mol. The average molecular weight is 178 g/mol. The molecule has 0 aromatic carbocycles. The highest BCUT2D eigenvalue weighted by molar-refractivity contribution is 5.97. The van der Waals surface area contributed by atoms with Crippen LogP contribution < -0.4 is 0 Å². The molecule has 0 bridgehead atoms. The van der Waals surface area contributed by atoms with Crippen LogP contribution in [0.2, 0.25) is 0 Å². The molecule has 0 unspecified atom stereocenters. The molecule has 0 aliphatic heterocycles. The van der Waals surface area contributed by atoms with Gasteiger partial charge in [0.1, 0.15) is 17.5 Å². The molecule has 0 amide bonds. The van der Waals surface area contributed by atoms with E-state index in [9.17, 15) is 9.59 Å². The van der Waals surface area contributed by atoms with Crippen molar-refractivity contribution in [3.05, 3.63) is 0 Å². The van der Waals surface area contributed by atoms with Crippen molar-refractivity contribution in [1.29, 1.82) is 10.5 Å². The van der Waals surface area contributed by atoms with Crippen molar-refractivity contribution in [2.75, 3.05) is 0 Å². The van der Waals surface area contributed by atoms with Crippen molar-refractivity contribution in [3.8, 4) is 12.1 Å². The van der Waals surface area contributed by atoms with E-state index in [1.165, 1.54) is 6.92 Å². The SMILES string of the molecule is CC(=O)CC(=O)CCC(C#N)C#N. The number of nitrogens with zero attached hydrogens (tertiary/aromatic N) is 2. The first-order chi connectivity index (χ1) is 6.10. The molecule has 0 saturated carbocycles. The highest BCUT2D eigenvalue weighted by Gasteiger charge is 2.10. The second-order valence-corrected chi connectivity index (χ2v) is 2.77. The third-order valence-corrected chi connectivity index (χ3v) is 1.47. The second-order valence-electron chi connectivity index (χ2n) is 2.77. The van der Waals surface area contributed by atoms with Gasteiger partial charge in [-0.1, -0.05) is 0 Å². The van der Waals surface area contributed by atoms with Crippen LogP contribution in [-0.4, -0.2) is 11.6 Å². The highest BCUT2D eigenvalue weighted by Crippen LogP contribution is 2.05. The van der Waals surface area contributed by atoms with Gasteiger partial charge in [-0.15, -0.1) is 0 Å². The topological polar surface area (TPSA) is 81.7 Å². The van der Waals surface area contributed by atoms with Crippen molar-refractivity contribution in [2.24, 2.45) is 5.92 Å². The average Bonchev–Trinajstić information content (AvgIpc) is 2.05. The first-order valence-corrected chi connectivity index (χ1v) is 3.90. The predicted molar refractivity (Wildman–Crippen MR) is 44.3 cm³/mol. The summed E-state index contributed by atoms with van der Waals surface area (Å²) in [6.45, 7) is 1.34. The van der Waals surface area contributed by atoms with E-state index in [1.54, 1.807) is 12.1 Å². The minimum absolute atomic E-state index is 0.0937. The molecule has 0 aromatic heterocycles. The van der Waals surface area contributed by atoms with Crippen LogP contribution in [0.25, 0.3) is 0 Å². The zero-order valence-corrected chi connectivity index (χ0v) is 7.41. The van der Waals surface area contributed by atoms with Gasteiger partial charge in [0.25, 0.3) is 0 Å². The molecule has 0 fully saturated rings. The fraction of sp³-hybridized carbons (Fsp3) is 0.556. The fourth-order valence-corrected chi connectivity index (χ4v) is 0.829. The van der Waals surface area contributed by atoms with E-state index in [4.69, 9.17) is 10.5 Å². The van der Waals surface area contributed by atoms with Gasteiger partial charge in [-0.05, 0) is 13.3 Å². The molecule has 68 valence electrons. The first-order valence-electron chi connectivity index (χ1n) is 3.90. The van der Waals surface area contributed by atoms with Gasteiger partial charge in [0.05, 0.1) is 18.6 Å². The molecule has 4 heteroatoms. The van der Waals surface area contributed by atoms with Crippen LogP contribution >= 0.6 is 0 Å².